The number of nitrogens with zero attached hydrogens (tertiary/aromatic N) is 10. The van der Waals surface area contributed by atoms with Crippen molar-refractivity contribution >= 4 is 33.6 Å². The van der Waals surface area contributed by atoms with Crippen molar-refractivity contribution in [1.29, 1.82) is 0 Å². The van der Waals surface area contributed by atoms with Crippen molar-refractivity contribution in [2.24, 2.45) is 5.92 Å². The first kappa shape index (κ1) is 37.5. The zero-order valence-corrected chi connectivity index (χ0v) is 32.3. The number of carbonyl (C=O) groups is 2. The summed E-state index contributed by atoms with van der Waals surface area (Å²) in [4.78, 5) is 28.9. The van der Waals surface area contributed by atoms with Crippen molar-refractivity contribution in [3.8, 4) is 34.2 Å². The molecule has 0 radical (unpaired) electrons. The van der Waals surface area contributed by atoms with E-state index < -0.39 is 6.10 Å². The molecule has 10 rings (SSSR count). The second kappa shape index (κ2) is 16.4. The standard InChI is InChI=1S/C24H26N6O2.C19H16N6O2/c1-32-14-12-17-5-4-13-29(15-17)24(31)18-8-10-19(11-9-18)30-16-22(26-28-30)23-20-6-2-3-7-21(20)25-27-23;26-14-9-24(10-14)19(27)12-5-7-13(8-6-12)25-11-17(21-23-25)18-15-3-1-2-4-16(15)20-22-18/h2-3,6-11,16-17H,4-5,12-15H2,1H3,(H,25,27);1-8,11,14,26H,9-10H2,(H,20,22). The lowest BCUT2D eigenvalue weighted by molar-refractivity contribution is 0.00589. The molecule has 1 unspecified atom stereocenters. The number of aromatic nitrogens is 10. The van der Waals surface area contributed by atoms with Crippen LogP contribution in [0.4, 0.5) is 0 Å². The third-order valence-corrected chi connectivity index (χ3v) is 10.9. The molecule has 2 saturated heterocycles. The Hall–Kier alpha value is -7.04. The summed E-state index contributed by atoms with van der Waals surface area (Å²) in [7, 11) is 1.72. The van der Waals surface area contributed by atoms with Crippen LogP contribution in [-0.2, 0) is 4.74 Å². The van der Waals surface area contributed by atoms with Crippen LogP contribution < -0.4 is 0 Å². The maximum Gasteiger partial charge on any atom is 0.254 e. The minimum absolute atomic E-state index is 0.0749. The van der Waals surface area contributed by atoms with E-state index in [4.69, 9.17) is 4.74 Å². The number of aliphatic hydroxyl groups is 1. The van der Waals surface area contributed by atoms with Crippen LogP contribution in [0.15, 0.2) is 109 Å². The van der Waals surface area contributed by atoms with Gasteiger partial charge in [-0.05, 0) is 85.8 Å². The maximum absolute atomic E-state index is 13.0. The Morgan fingerprint density at radius 2 is 1.20 bits per heavy atom. The van der Waals surface area contributed by atoms with Gasteiger partial charge in [-0.3, -0.25) is 19.8 Å². The van der Waals surface area contributed by atoms with Crippen molar-refractivity contribution in [3.05, 3.63) is 121 Å². The largest absolute Gasteiger partial charge is 0.389 e. The number of ether oxygens (including phenoxy) is 1. The van der Waals surface area contributed by atoms with Crippen molar-refractivity contribution < 1.29 is 19.4 Å². The predicted octanol–water partition coefficient (Wildman–Crippen LogP) is 5.33. The van der Waals surface area contributed by atoms with E-state index in [1.807, 2.05) is 102 Å². The van der Waals surface area contributed by atoms with Gasteiger partial charge in [0, 0.05) is 61.8 Å². The minimum atomic E-state index is -0.403. The molecule has 3 N–H and O–H groups in total. The van der Waals surface area contributed by atoms with Gasteiger partial charge in [-0.25, -0.2) is 9.36 Å². The molecule has 4 aromatic heterocycles. The van der Waals surface area contributed by atoms with Gasteiger partial charge in [-0.2, -0.15) is 10.2 Å². The number of piperidine rings is 1. The highest BCUT2D eigenvalue weighted by Gasteiger charge is 2.29. The van der Waals surface area contributed by atoms with Gasteiger partial charge in [0.15, 0.2) is 0 Å². The number of carbonyl (C=O) groups excluding carboxylic acids is 2. The van der Waals surface area contributed by atoms with E-state index in [0.717, 1.165) is 83.5 Å². The molecular formula is C43H42N12O4. The SMILES string of the molecule is COCCC1CCCN(C(=O)c2ccc(-n3cc(-c4n[nH]c5ccccc45)nn3)cc2)C1.O=C(c1ccc(-n2cc(-c3n[nH]c4ccccc34)nn2)cc1)N1CC(O)C1. The van der Waals surface area contributed by atoms with E-state index in [-0.39, 0.29) is 11.8 Å². The molecule has 16 heteroatoms. The number of amides is 2. The molecule has 2 aliphatic heterocycles. The average molecular weight is 791 g/mol. The van der Waals surface area contributed by atoms with Gasteiger partial charge in [-0.1, -0.05) is 46.8 Å². The van der Waals surface area contributed by atoms with Crippen LogP contribution in [0.3, 0.4) is 0 Å². The second-order valence-electron chi connectivity index (χ2n) is 14.8. The normalized spacial score (nSPS) is 15.6. The van der Waals surface area contributed by atoms with E-state index in [2.05, 4.69) is 41.0 Å². The van der Waals surface area contributed by atoms with E-state index in [0.29, 0.717) is 41.5 Å². The molecule has 2 fully saturated rings. The summed E-state index contributed by atoms with van der Waals surface area (Å²) in [6.45, 7) is 3.15. The first-order chi connectivity index (χ1) is 28.9. The molecule has 4 aromatic carbocycles. The van der Waals surface area contributed by atoms with Crippen LogP contribution in [0.5, 0.6) is 0 Å². The lowest BCUT2D eigenvalue weighted by atomic mass is 9.94. The minimum Gasteiger partial charge on any atom is -0.389 e. The number of aromatic amines is 2. The molecule has 0 saturated carbocycles. The Bertz CT molecular complexity index is 2710. The smallest absolute Gasteiger partial charge is 0.254 e. The molecule has 6 heterocycles. The topological polar surface area (TPSA) is 189 Å². The molecule has 59 heavy (non-hydrogen) atoms. The first-order valence-electron chi connectivity index (χ1n) is 19.6. The molecule has 2 aliphatic rings. The molecule has 0 bridgehead atoms. The quantitative estimate of drug-likeness (QED) is 0.173. The van der Waals surface area contributed by atoms with Crippen LogP contribution >= 0.6 is 0 Å². The van der Waals surface area contributed by atoms with Crippen molar-refractivity contribution in [3.63, 3.8) is 0 Å². The van der Waals surface area contributed by atoms with Crippen molar-refractivity contribution in [2.45, 2.75) is 25.4 Å². The molecule has 16 nitrogen and oxygen atoms in total. The number of rotatable bonds is 9. The fraction of sp³-hybridized carbons (Fsp3) is 0.256. The molecule has 8 aromatic rings. The highest BCUT2D eigenvalue weighted by atomic mass is 16.5. The van der Waals surface area contributed by atoms with E-state index in [1.54, 1.807) is 33.5 Å². The van der Waals surface area contributed by atoms with Gasteiger partial charge in [-0.15, -0.1) is 10.2 Å². The number of β-amino-alcohol motifs (C(OH)–C–C–N with tert-alkyl or cyclic N) is 1. The summed E-state index contributed by atoms with van der Waals surface area (Å²) >= 11 is 0. The number of aliphatic hydroxyl groups excluding tert-OH is 1. The summed E-state index contributed by atoms with van der Waals surface area (Å²) in [5, 5.41) is 43.0. The number of hydrogen-bond donors (Lipinski definition) is 3. The molecule has 2 amide bonds. The Labute approximate surface area is 338 Å². The summed E-state index contributed by atoms with van der Waals surface area (Å²) in [5.41, 5.74) is 7.71. The van der Waals surface area contributed by atoms with Crippen LogP contribution in [-0.4, -0.2) is 123 Å². The van der Waals surface area contributed by atoms with Gasteiger partial charge in [0.1, 0.15) is 22.8 Å². The lowest BCUT2D eigenvalue weighted by Crippen LogP contribution is -2.53. The number of methoxy groups -OCH3 is 1. The molecular weight excluding hydrogens is 749 g/mol. The van der Waals surface area contributed by atoms with E-state index >= 15 is 0 Å². The van der Waals surface area contributed by atoms with Gasteiger partial charge in [0.05, 0.1) is 40.9 Å². The average Bonchev–Trinajstić information content (AvgIpc) is 4.11. The number of nitrogens with one attached hydrogen (secondary N) is 2. The molecule has 298 valence electrons. The summed E-state index contributed by atoms with van der Waals surface area (Å²) in [6.07, 6.45) is 6.46. The highest BCUT2D eigenvalue weighted by molar-refractivity contribution is 5.96. The number of likely N-dealkylation sites (tertiary alicyclic amines) is 2. The highest BCUT2D eigenvalue weighted by Crippen LogP contribution is 2.27. The molecule has 1 atom stereocenters. The Morgan fingerprint density at radius 1 is 0.695 bits per heavy atom. The van der Waals surface area contributed by atoms with Crippen LogP contribution in [0.2, 0.25) is 0 Å². The Morgan fingerprint density at radius 3 is 1.71 bits per heavy atom. The third kappa shape index (κ3) is 7.82. The number of fused-ring (bicyclic) bond motifs is 2. The second-order valence-corrected chi connectivity index (χ2v) is 14.8. The number of benzene rings is 4. The monoisotopic (exact) mass is 790 g/mol. The molecule has 0 aliphatic carbocycles. The summed E-state index contributed by atoms with van der Waals surface area (Å²) in [6, 6.07) is 30.5. The maximum atomic E-state index is 13.0. The predicted molar refractivity (Wildman–Crippen MR) is 220 cm³/mol. The van der Waals surface area contributed by atoms with Crippen LogP contribution in [0.1, 0.15) is 40.0 Å². The first-order valence-corrected chi connectivity index (χ1v) is 19.6. The fourth-order valence-electron chi connectivity index (χ4n) is 7.58. The third-order valence-electron chi connectivity index (χ3n) is 10.9. The Balaban J connectivity index is 0.000000154. The van der Waals surface area contributed by atoms with Crippen molar-refractivity contribution in [2.75, 3.05) is 39.9 Å². The number of para-hydroxylation sites is 2. The van der Waals surface area contributed by atoms with Crippen molar-refractivity contribution in [1.82, 2.24) is 60.2 Å². The lowest BCUT2D eigenvalue weighted by Gasteiger charge is -2.35. The summed E-state index contributed by atoms with van der Waals surface area (Å²) in [5.74, 6) is 0.522. The van der Waals surface area contributed by atoms with Gasteiger partial charge < -0.3 is 19.6 Å². The number of hydrogen-bond acceptors (Lipinski definition) is 10. The zero-order chi connectivity index (χ0) is 40.3. The van der Waals surface area contributed by atoms with Gasteiger partial charge in [0.2, 0.25) is 0 Å². The fourth-order valence-corrected chi connectivity index (χ4v) is 7.58. The van der Waals surface area contributed by atoms with E-state index in [1.165, 1.54) is 0 Å². The van der Waals surface area contributed by atoms with Crippen LogP contribution in [0, 0.1) is 5.92 Å². The summed E-state index contributed by atoms with van der Waals surface area (Å²) < 4.78 is 8.56. The van der Waals surface area contributed by atoms with Crippen LogP contribution in [0.25, 0.3) is 56.0 Å². The molecule has 0 spiro atoms. The number of H-pyrrole nitrogens is 2. The zero-order valence-electron chi connectivity index (χ0n) is 32.3. The van der Waals surface area contributed by atoms with E-state index in [9.17, 15) is 14.7 Å². The van der Waals surface area contributed by atoms with Gasteiger partial charge >= 0.3 is 0 Å². The Kier molecular flexibility index (Phi) is 10.5. The van der Waals surface area contributed by atoms with Gasteiger partial charge in [0.25, 0.3) is 11.8 Å².